The molecule has 0 spiro atoms. The van der Waals surface area contributed by atoms with Crippen LogP contribution in [-0.2, 0) is 6.54 Å². The molecule has 26 heteroatoms. The number of ketones is 1. The standard InChI is InChI=1S/C24BF20.C19H14N2O3/c26-5-1(6(27)14(35)21(42)13(5)34)25(2-7(28)15(36)22(43)16(37)8(2)29,3-9(30)17(38)23(44)18(39)10(3)31)4-11(32)19(40)24(45)20(41)12(4)33;22-18(14-5-2-1-3-6-14)13-21-10-9-20-12-17(21)15-7-4-8-16(11-15)19(23)24/h;1-12H,13H2/q-1;/p+1. The van der Waals surface area contributed by atoms with Crippen LogP contribution in [0.2, 0.25) is 0 Å². The van der Waals surface area contributed by atoms with Gasteiger partial charge in [0.1, 0.15) is 52.7 Å². The molecule has 1 heterocycles. The Morgan fingerprint density at radius 3 is 1.09 bits per heavy atom. The largest absolute Gasteiger partial charge is 0.478 e. The van der Waals surface area contributed by atoms with Crippen molar-refractivity contribution in [3.05, 3.63) is 201 Å². The third kappa shape index (κ3) is 8.25. The van der Waals surface area contributed by atoms with E-state index in [1.165, 1.54) is 6.07 Å². The summed E-state index contributed by atoms with van der Waals surface area (Å²) in [4.78, 5) is 27.7. The second-order valence-corrected chi connectivity index (χ2v) is 14.1. The topological polar surface area (TPSA) is 71.1 Å². The van der Waals surface area contributed by atoms with E-state index in [1.807, 2.05) is 18.2 Å². The number of hydrogen-bond donors (Lipinski definition) is 1. The lowest BCUT2D eigenvalue weighted by Crippen LogP contribution is -2.81. The molecule has 0 saturated carbocycles. The number of halogens is 20. The molecule has 1 aromatic heterocycles. The summed E-state index contributed by atoms with van der Waals surface area (Å²) in [5, 5.41) is 9.14. The van der Waals surface area contributed by atoms with Crippen LogP contribution in [0.25, 0.3) is 11.3 Å². The number of rotatable bonds is 9. The first-order valence-electron chi connectivity index (χ1n) is 18.3. The fraction of sp³-hybridized carbons (Fsp3) is 0.0233. The van der Waals surface area contributed by atoms with Crippen molar-refractivity contribution in [3.8, 4) is 11.3 Å². The van der Waals surface area contributed by atoms with Crippen LogP contribution in [-0.4, -0.2) is 28.0 Å². The van der Waals surface area contributed by atoms with Crippen LogP contribution >= 0.6 is 0 Å². The summed E-state index contributed by atoms with van der Waals surface area (Å²) in [6.45, 7) is 0.152. The summed E-state index contributed by atoms with van der Waals surface area (Å²) in [6, 6.07) is 15.6. The fourth-order valence-electron chi connectivity index (χ4n) is 7.32. The number of nitrogens with zero attached hydrogens (tertiary/aromatic N) is 2. The van der Waals surface area contributed by atoms with Gasteiger partial charge in [-0.05, 0) is 18.2 Å². The summed E-state index contributed by atoms with van der Waals surface area (Å²) >= 11 is 0. The van der Waals surface area contributed by atoms with Crippen molar-refractivity contribution < 1.29 is 107 Å². The van der Waals surface area contributed by atoms with Gasteiger partial charge in [0.05, 0.1) is 18.0 Å². The Bertz CT molecular complexity index is 2890. The average Bonchev–Trinajstić information content (AvgIpc) is 3.34. The second kappa shape index (κ2) is 19.1. The van der Waals surface area contributed by atoms with Crippen LogP contribution in [0.5, 0.6) is 0 Å². The maximum absolute atomic E-state index is 15.4. The van der Waals surface area contributed by atoms with Crippen molar-refractivity contribution in [2.75, 3.05) is 0 Å². The first-order valence-corrected chi connectivity index (χ1v) is 18.3. The minimum atomic E-state index is -7.22. The van der Waals surface area contributed by atoms with Crippen molar-refractivity contribution >= 4 is 39.7 Å². The van der Waals surface area contributed by atoms with Gasteiger partial charge in [0.15, 0.2) is 76.0 Å². The van der Waals surface area contributed by atoms with Crippen molar-refractivity contribution in [1.29, 1.82) is 0 Å². The highest BCUT2D eigenvalue weighted by atomic mass is 19.2. The van der Waals surface area contributed by atoms with E-state index in [0.717, 1.165) is 0 Å². The zero-order chi connectivity index (χ0) is 51.3. The van der Waals surface area contributed by atoms with Gasteiger partial charge in [-0.2, -0.15) is 4.57 Å². The van der Waals surface area contributed by atoms with Crippen molar-refractivity contribution in [1.82, 2.24) is 4.98 Å². The molecule has 358 valence electrons. The maximum atomic E-state index is 15.4. The van der Waals surface area contributed by atoms with Gasteiger partial charge in [-0.15, -0.1) is 21.9 Å². The third-order valence-electron chi connectivity index (χ3n) is 10.4. The predicted molar refractivity (Wildman–Crippen MR) is 197 cm³/mol. The molecular formula is C43H15BF20N2O3. The first kappa shape index (κ1) is 50.6. The number of aromatic carboxylic acids is 1. The third-order valence-corrected chi connectivity index (χ3v) is 10.4. The Hall–Kier alpha value is -7.80. The van der Waals surface area contributed by atoms with Crippen LogP contribution in [0.4, 0.5) is 87.8 Å². The van der Waals surface area contributed by atoms with Crippen molar-refractivity contribution in [2.45, 2.75) is 6.54 Å². The molecular weight excluding hydrogens is 983 g/mol. The molecule has 5 nitrogen and oxygen atoms in total. The monoisotopic (exact) mass is 998 g/mol. The SMILES string of the molecule is Fc1c(F)c(F)c([B-](c2c(F)c(F)c(F)c(F)c2F)(c2c(F)c(F)c(F)c(F)c2F)c2c(F)c(F)c(F)c(F)c2F)c(F)c1F.O=C(O)c1cccc(-c2cncc[n+]2CC(=O)c2ccccc2)c1. The molecule has 0 saturated heterocycles. The zero-order valence-electron chi connectivity index (χ0n) is 32.9. The molecule has 0 fully saturated rings. The number of aromatic nitrogens is 2. The number of carbonyl (C=O) groups is 2. The molecule has 69 heavy (non-hydrogen) atoms. The molecule has 0 radical (unpaired) electrons. The second-order valence-electron chi connectivity index (χ2n) is 14.1. The highest BCUT2D eigenvalue weighted by molar-refractivity contribution is 7.20. The van der Waals surface area contributed by atoms with Crippen LogP contribution in [0, 0.1) is 116 Å². The van der Waals surface area contributed by atoms with E-state index < -0.39 is 150 Å². The Balaban J connectivity index is 0.000000273. The Labute approximate surface area is 370 Å². The maximum Gasteiger partial charge on any atom is 0.335 e. The summed E-state index contributed by atoms with van der Waals surface area (Å²) in [6.07, 6.45) is -2.28. The molecule has 0 aliphatic heterocycles. The van der Waals surface area contributed by atoms with Gasteiger partial charge >= 0.3 is 5.97 Å². The molecule has 7 aromatic rings. The Morgan fingerprint density at radius 2 is 0.754 bits per heavy atom. The Kier molecular flexibility index (Phi) is 14.0. The zero-order valence-corrected chi connectivity index (χ0v) is 32.9. The highest BCUT2D eigenvalue weighted by Gasteiger charge is 2.52. The smallest absolute Gasteiger partial charge is 0.335 e. The van der Waals surface area contributed by atoms with Gasteiger partial charge in [-0.25, -0.2) is 92.6 Å². The van der Waals surface area contributed by atoms with E-state index in [0.29, 0.717) is 16.8 Å². The van der Waals surface area contributed by atoms with E-state index >= 15 is 35.1 Å². The van der Waals surface area contributed by atoms with Crippen molar-refractivity contribution in [2.24, 2.45) is 0 Å². The van der Waals surface area contributed by atoms with E-state index in [9.17, 15) is 62.3 Å². The lowest BCUT2D eigenvalue weighted by Gasteiger charge is -2.44. The lowest BCUT2D eigenvalue weighted by molar-refractivity contribution is -0.672. The predicted octanol–water partition coefficient (Wildman–Crippen LogP) is 8.46. The molecule has 0 unspecified atom stereocenters. The van der Waals surface area contributed by atoms with Gasteiger partial charge < -0.3 is 5.11 Å². The minimum absolute atomic E-state index is 0.0255. The molecule has 1 N–H and O–H groups in total. The van der Waals surface area contributed by atoms with Crippen molar-refractivity contribution in [3.63, 3.8) is 0 Å². The number of benzene rings is 6. The van der Waals surface area contributed by atoms with E-state index in [1.54, 1.807) is 53.5 Å². The number of hydrogen-bond acceptors (Lipinski definition) is 3. The molecule has 6 aromatic carbocycles. The van der Waals surface area contributed by atoms with E-state index in [-0.39, 0.29) is 17.9 Å². The van der Waals surface area contributed by atoms with Crippen LogP contribution in [0.3, 0.4) is 0 Å². The summed E-state index contributed by atoms with van der Waals surface area (Å²) < 4.78 is 296. The summed E-state index contributed by atoms with van der Waals surface area (Å²) in [7, 11) is 0. The van der Waals surface area contributed by atoms with Crippen LogP contribution < -0.4 is 26.4 Å². The first-order chi connectivity index (χ1) is 32.3. The molecule has 0 aliphatic carbocycles. The minimum Gasteiger partial charge on any atom is -0.478 e. The number of Topliss-reactive ketones (excluding diaryl/α,β-unsaturated/α-hetero) is 1. The molecule has 0 atom stereocenters. The summed E-state index contributed by atoms with van der Waals surface area (Å²) in [5.74, 6) is -72.4. The van der Waals surface area contributed by atoms with Gasteiger partial charge in [0, 0.05) is 11.1 Å². The molecule has 0 amide bonds. The lowest BCUT2D eigenvalue weighted by atomic mass is 9.12. The summed E-state index contributed by atoms with van der Waals surface area (Å²) in [5.41, 5.74) is -12.1. The number of carboxylic acid groups (broad SMARTS) is 1. The molecule has 0 bridgehead atoms. The molecule has 0 aliphatic rings. The van der Waals surface area contributed by atoms with E-state index in [4.69, 9.17) is 5.11 Å². The van der Waals surface area contributed by atoms with Gasteiger partial charge in [0.25, 0.3) is 0 Å². The molecule has 7 rings (SSSR count). The fourth-order valence-corrected chi connectivity index (χ4v) is 7.32. The van der Waals surface area contributed by atoms with E-state index in [2.05, 4.69) is 4.98 Å². The normalized spacial score (nSPS) is 11.4. The quantitative estimate of drug-likeness (QED) is 0.0394. The highest BCUT2D eigenvalue weighted by Crippen LogP contribution is 2.31. The average molecular weight is 998 g/mol. The van der Waals surface area contributed by atoms with Crippen LogP contribution in [0.1, 0.15) is 20.7 Å². The van der Waals surface area contributed by atoms with Gasteiger partial charge in [-0.3, -0.25) is 9.78 Å². The number of carbonyl (C=O) groups excluding carboxylic acids is 1. The Morgan fingerprint density at radius 1 is 0.435 bits per heavy atom. The number of carboxylic acids is 1. The van der Waals surface area contributed by atoms with Crippen LogP contribution in [0.15, 0.2) is 73.2 Å². The van der Waals surface area contributed by atoms with Gasteiger partial charge in [-0.1, -0.05) is 36.4 Å². The van der Waals surface area contributed by atoms with Gasteiger partial charge in [0.2, 0.25) is 18.0 Å².